The van der Waals surface area contributed by atoms with Gasteiger partial charge in [0.25, 0.3) is 0 Å². The van der Waals surface area contributed by atoms with Gasteiger partial charge in [0.15, 0.2) is 0 Å². The van der Waals surface area contributed by atoms with Crippen molar-refractivity contribution in [3.8, 4) is 0 Å². The molecule has 0 saturated heterocycles. The van der Waals surface area contributed by atoms with Gasteiger partial charge in [-0.15, -0.1) is 11.6 Å². The molecule has 1 aliphatic heterocycles. The summed E-state index contributed by atoms with van der Waals surface area (Å²) >= 11 is 5.98. The van der Waals surface area contributed by atoms with Gasteiger partial charge in [0, 0.05) is 23.6 Å². The number of alkyl halides is 1. The van der Waals surface area contributed by atoms with Crippen LogP contribution in [-0.2, 0) is 0 Å². The number of aryl methyl sites for hydroxylation is 1. The van der Waals surface area contributed by atoms with Crippen molar-refractivity contribution in [3.63, 3.8) is 0 Å². The normalized spacial score (nSPS) is 13.3. The molecule has 1 aliphatic rings. The highest BCUT2D eigenvalue weighted by molar-refractivity contribution is 6.17. The zero-order chi connectivity index (χ0) is 19.3. The van der Waals surface area contributed by atoms with Crippen molar-refractivity contribution in [3.05, 3.63) is 95.6 Å². The van der Waals surface area contributed by atoms with Gasteiger partial charge in [0.05, 0.1) is 22.8 Å². The lowest BCUT2D eigenvalue weighted by Gasteiger charge is -2.37. The molecule has 2 nitrogen and oxygen atoms in total. The second-order valence-corrected chi connectivity index (χ2v) is 7.53. The first kappa shape index (κ1) is 18.6. The molecule has 0 radical (unpaired) electrons. The van der Waals surface area contributed by atoms with Crippen molar-refractivity contribution in [2.75, 3.05) is 22.6 Å². The maximum absolute atomic E-state index is 5.98. The van der Waals surface area contributed by atoms with E-state index in [1.807, 2.05) is 0 Å². The van der Waals surface area contributed by atoms with Crippen molar-refractivity contribution >= 4 is 34.4 Å². The molecule has 0 aromatic heterocycles. The second-order valence-electron chi connectivity index (χ2n) is 7.15. The summed E-state index contributed by atoms with van der Waals surface area (Å²) in [6.07, 6.45) is 2.06. The van der Waals surface area contributed by atoms with E-state index in [2.05, 4.69) is 96.0 Å². The second kappa shape index (κ2) is 8.53. The summed E-state index contributed by atoms with van der Waals surface area (Å²) in [5.41, 5.74) is 8.41. The molecule has 142 valence electrons. The number of hydrogen-bond acceptors (Lipinski definition) is 2. The Morgan fingerprint density at radius 3 is 2.18 bits per heavy atom. The number of benzene rings is 3. The monoisotopic (exact) mass is 388 g/mol. The van der Waals surface area contributed by atoms with Crippen LogP contribution in [0.2, 0.25) is 0 Å². The average molecular weight is 389 g/mol. The molecule has 0 spiro atoms. The van der Waals surface area contributed by atoms with Crippen LogP contribution in [0, 0.1) is 6.92 Å². The predicted octanol–water partition coefficient (Wildman–Crippen LogP) is 6.77. The lowest BCUT2D eigenvalue weighted by atomic mass is 9.98. The van der Waals surface area contributed by atoms with E-state index in [0.717, 1.165) is 30.8 Å². The minimum atomic E-state index is 0.697. The Morgan fingerprint density at radius 2 is 1.50 bits per heavy atom. The summed E-state index contributed by atoms with van der Waals surface area (Å²) in [6.45, 7) is 3.08. The predicted molar refractivity (Wildman–Crippen MR) is 122 cm³/mol. The number of hydrogen-bond donors (Lipinski definition) is 1. The van der Waals surface area contributed by atoms with Gasteiger partial charge < -0.3 is 10.2 Å². The van der Waals surface area contributed by atoms with Crippen LogP contribution >= 0.6 is 11.6 Å². The smallest absolute Gasteiger partial charge is 0.0730 e. The van der Waals surface area contributed by atoms with Crippen LogP contribution in [0.3, 0.4) is 0 Å². The van der Waals surface area contributed by atoms with E-state index in [-0.39, 0.29) is 0 Å². The number of halogens is 1. The number of nitrogens with zero attached hydrogens (tertiary/aromatic N) is 1. The lowest BCUT2D eigenvalue weighted by Crippen LogP contribution is -2.29. The van der Waals surface area contributed by atoms with Crippen LogP contribution in [0.5, 0.6) is 0 Å². The third-order valence-corrected chi connectivity index (χ3v) is 5.35. The van der Waals surface area contributed by atoms with Crippen molar-refractivity contribution in [2.45, 2.75) is 19.8 Å². The van der Waals surface area contributed by atoms with E-state index >= 15 is 0 Å². The van der Waals surface area contributed by atoms with Gasteiger partial charge in [0.1, 0.15) is 0 Å². The first-order valence-corrected chi connectivity index (χ1v) is 10.4. The quantitative estimate of drug-likeness (QED) is 0.370. The lowest BCUT2D eigenvalue weighted by molar-refractivity contribution is 0.791. The summed E-state index contributed by atoms with van der Waals surface area (Å²) in [7, 11) is 0. The molecule has 0 aliphatic carbocycles. The molecular weight excluding hydrogens is 364 g/mol. The summed E-state index contributed by atoms with van der Waals surface area (Å²) < 4.78 is 0. The Balaban J connectivity index is 1.91. The first-order chi connectivity index (χ1) is 13.8. The molecule has 1 N–H and O–H groups in total. The highest BCUT2D eigenvalue weighted by Gasteiger charge is 2.26. The van der Waals surface area contributed by atoms with Crippen LogP contribution in [0.15, 0.2) is 78.9 Å². The van der Waals surface area contributed by atoms with Gasteiger partial charge in [0.2, 0.25) is 0 Å². The molecule has 4 rings (SSSR count). The standard InChI is InChI=1S/C25H25ClN2/c1-19-14-15-22-23(18-19)28(17-9-8-16-26)25(21-12-6-3-7-13-21)24(27-22)20-10-4-2-5-11-20/h2-7,10-15,18,27H,8-9,16-17H2,1H3. The molecular formula is C25H25ClN2. The average Bonchev–Trinajstić information content (AvgIpc) is 2.75. The number of fused-ring (bicyclic) bond motifs is 1. The third kappa shape index (κ3) is 3.79. The Morgan fingerprint density at radius 1 is 0.821 bits per heavy atom. The van der Waals surface area contributed by atoms with Crippen LogP contribution in [0.25, 0.3) is 11.4 Å². The van der Waals surface area contributed by atoms with Crippen molar-refractivity contribution in [2.24, 2.45) is 0 Å². The number of rotatable bonds is 6. The zero-order valence-electron chi connectivity index (χ0n) is 16.2. The van der Waals surface area contributed by atoms with Gasteiger partial charge in [-0.3, -0.25) is 0 Å². The summed E-state index contributed by atoms with van der Waals surface area (Å²) in [4.78, 5) is 2.46. The molecule has 3 aromatic carbocycles. The van der Waals surface area contributed by atoms with E-state index in [1.165, 1.54) is 28.1 Å². The van der Waals surface area contributed by atoms with Crippen LogP contribution in [0.1, 0.15) is 29.5 Å². The summed E-state index contributed by atoms with van der Waals surface area (Å²) in [5.74, 6) is 0.697. The number of anilines is 2. The molecule has 28 heavy (non-hydrogen) atoms. The molecule has 0 unspecified atom stereocenters. The van der Waals surface area contributed by atoms with Gasteiger partial charge in [-0.2, -0.15) is 0 Å². The van der Waals surface area contributed by atoms with Gasteiger partial charge in [-0.1, -0.05) is 66.7 Å². The van der Waals surface area contributed by atoms with E-state index in [1.54, 1.807) is 0 Å². The molecule has 0 atom stereocenters. The minimum absolute atomic E-state index is 0.697. The number of unbranched alkanes of at least 4 members (excludes halogenated alkanes) is 1. The minimum Gasteiger partial charge on any atom is -0.352 e. The molecule has 0 amide bonds. The SMILES string of the molecule is Cc1ccc2c(c1)N(CCCCCl)C(c1ccccc1)=C(c1ccccc1)N2. The van der Waals surface area contributed by atoms with Crippen LogP contribution in [0.4, 0.5) is 11.4 Å². The molecule has 3 aromatic rings. The van der Waals surface area contributed by atoms with Crippen LogP contribution < -0.4 is 10.2 Å². The Kier molecular flexibility index (Phi) is 5.68. The highest BCUT2D eigenvalue weighted by Crippen LogP contribution is 2.43. The molecule has 0 saturated carbocycles. The fourth-order valence-electron chi connectivity index (χ4n) is 3.73. The van der Waals surface area contributed by atoms with E-state index in [0.29, 0.717) is 5.88 Å². The van der Waals surface area contributed by atoms with Gasteiger partial charge in [-0.05, 0) is 37.5 Å². The maximum Gasteiger partial charge on any atom is 0.0730 e. The summed E-state index contributed by atoms with van der Waals surface area (Å²) in [5, 5.41) is 3.72. The fraction of sp³-hybridized carbons (Fsp3) is 0.200. The maximum atomic E-state index is 5.98. The Hall–Kier alpha value is -2.71. The molecule has 3 heteroatoms. The van der Waals surface area contributed by atoms with E-state index < -0.39 is 0 Å². The van der Waals surface area contributed by atoms with Crippen molar-refractivity contribution < 1.29 is 0 Å². The van der Waals surface area contributed by atoms with Crippen LogP contribution in [-0.4, -0.2) is 12.4 Å². The summed E-state index contributed by atoms with van der Waals surface area (Å²) in [6, 6.07) is 27.9. The topological polar surface area (TPSA) is 15.3 Å². The zero-order valence-corrected chi connectivity index (χ0v) is 16.9. The van der Waals surface area contributed by atoms with E-state index in [4.69, 9.17) is 11.6 Å². The molecule has 0 bridgehead atoms. The fourth-order valence-corrected chi connectivity index (χ4v) is 3.92. The van der Waals surface area contributed by atoms with Crippen molar-refractivity contribution in [1.82, 2.24) is 0 Å². The van der Waals surface area contributed by atoms with Gasteiger partial charge in [-0.25, -0.2) is 0 Å². The Labute approximate surface area is 172 Å². The largest absolute Gasteiger partial charge is 0.352 e. The molecule has 0 fully saturated rings. The van der Waals surface area contributed by atoms with Gasteiger partial charge >= 0.3 is 0 Å². The number of nitrogens with one attached hydrogen (secondary N) is 1. The third-order valence-electron chi connectivity index (χ3n) is 5.09. The highest BCUT2D eigenvalue weighted by atomic mass is 35.5. The first-order valence-electron chi connectivity index (χ1n) is 9.84. The van der Waals surface area contributed by atoms with Crippen molar-refractivity contribution in [1.29, 1.82) is 0 Å². The van der Waals surface area contributed by atoms with E-state index in [9.17, 15) is 0 Å². The Bertz CT molecular complexity index is 964. The molecule has 1 heterocycles.